The van der Waals surface area contributed by atoms with E-state index in [9.17, 15) is 4.79 Å². The molecule has 1 amide bonds. The Labute approximate surface area is 132 Å². The van der Waals surface area contributed by atoms with Crippen molar-refractivity contribution < 1.29 is 9.53 Å². The molecule has 4 nitrogen and oxygen atoms in total. The van der Waals surface area contributed by atoms with Gasteiger partial charge in [0.05, 0.1) is 18.7 Å². The van der Waals surface area contributed by atoms with Crippen LogP contribution >= 0.6 is 12.4 Å². The molecule has 0 spiro atoms. The van der Waals surface area contributed by atoms with Gasteiger partial charge in [0.2, 0.25) is 5.91 Å². The number of nitrogens with one attached hydrogen (secondary N) is 1. The van der Waals surface area contributed by atoms with Crippen LogP contribution in [0.2, 0.25) is 0 Å². The predicted molar refractivity (Wildman–Crippen MR) is 86.8 cm³/mol. The highest BCUT2D eigenvalue weighted by Crippen LogP contribution is 2.27. The molecule has 21 heavy (non-hydrogen) atoms. The maximum Gasteiger partial charge on any atom is 0.240 e. The molecule has 0 heterocycles. The second-order valence-electron chi connectivity index (χ2n) is 5.69. The Bertz CT molecular complexity index is 456. The third kappa shape index (κ3) is 4.35. The van der Waals surface area contributed by atoms with Crippen molar-refractivity contribution in [2.75, 3.05) is 7.11 Å². The number of carbonyl (C=O) groups excluding carboxylic acids is 1. The lowest BCUT2D eigenvalue weighted by Crippen LogP contribution is -2.55. The quantitative estimate of drug-likeness (QED) is 0.898. The molecule has 1 fully saturated rings. The third-order valence-electron chi connectivity index (χ3n) is 4.16. The van der Waals surface area contributed by atoms with Gasteiger partial charge in [0.25, 0.3) is 0 Å². The van der Waals surface area contributed by atoms with E-state index < -0.39 is 5.54 Å². The fourth-order valence-electron chi connectivity index (χ4n) is 2.73. The van der Waals surface area contributed by atoms with Crippen LogP contribution in [0.15, 0.2) is 24.3 Å². The molecular weight excluding hydrogens is 288 g/mol. The van der Waals surface area contributed by atoms with Crippen LogP contribution in [0, 0.1) is 0 Å². The Kier molecular flexibility index (Phi) is 6.49. The zero-order valence-electron chi connectivity index (χ0n) is 12.7. The zero-order chi connectivity index (χ0) is 14.6. The molecule has 1 saturated carbocycles. The first-order chi connectivity index (χ1) is 9.55. The van der Waals surface area contributed by atoms with E-state index in [1.165, 1.54) is 6.42 Å². The smallest absolute Gasteiger partial charge is 0.240 e. The first-order valence-corrected chi connectivity index (χ1v) is 7.29. The lowest BCUT2D eigenvalue weighted by molar-refractivity contribution is -0.128. The lowest BCUT2D eigenvalue weighted by Gasteiger charge is -2.33. The van der Waals surface area contributed by atoms with Crippen molar-refractivity contribution in [3.63, 3.8) is 0 Å². The summed E-state index contributed by atoms with van der Waals surface area (Å²) < 4.78 is 5.13. The standard InChI is InChI=1S/C16H24N2O2.ClH/c1-12(13-6-8-14(20-2)9-7-13)18-15(19)16(17)10-4-3-5-11-16;/h6-9,12H,3-5,10-11,17H2,1-2H3,(H,18,19);1H. The summed E-state index contributed by atoms with van der Waals surface area (Å²) in [6.07, 6.45) is 4.84. The van der Waals surface area contributed by atoms with Crippen molar-refractivity contribution in [2.24, 2.45) is 5.73 Å². The summed E-state index contributed by atoms with van der Waals surface area (Å²) in [6.45, 7) is 1.98. The summed E-state index contributed by atoms with van der Waals surface area (Å²) in [4.78, 5) is 12.4. The van der Waals surface area contributed by atoms with Gasteiger partial charge < -0.3 is 15.8 Å². The molecule has 2 rings (SSSR count). The highest BCUT2D eigenvalue weighted by molar-refractivity contribution is 5.86. The molecule has 1 aliphatic rings. The maximum absolute atomic E-state index is 12.4. The van der Waals surface area contributed by atoms with E-state index in [1.54, 1.807) is 7.11 Å². The van der Waals surface area contributed by atoms with Gasteiger partial charge in [0, 0.05) is 0 Å². The lowest BCUT2D eigenvalue weighted by atomic mass is 9.81. The fraction of sp³-hybridized carbons (Fsp3) is 0.562. The molecule has 118 valence electrons. The van der Waals surface area contributed by atoms with Crippen molar-refractivity contribution in [3.8, 4) is 5.75 Å². The highest BCUT2D eigenvalue weighted by Gasteiger charge is 2.35. The van der Waals surface area contributed by atoms with E-state index in [-0.39, 0.29) is 24.4 Å². The third-order valence-corrected chi connectivity index (χ3v) is 4.16. The summed E-state index contributed by atoms with van der Waals surface area (Å²) >= 11 is 0. The second-order valence-corrected chi connectivity index (χ2v) is 5.69. The number of rotatable bonds is 4. The molecule has 0 aliphatic heterocycles. The van der Waals surface area contributed by atoms with Crippen molar-refractivity contribution in [1.29, 1.82) is 0 Å². The molecule has 1 aromatic carbocycles. The largest absolute Gasteiger partial charge is 0.497 e. The van der Waals surface area contributed by atoms with Crippen LogP contribution < -0.4 is 15.8 Å². The van der Waals surface area contributed by atoms with Gasteiger partial charge in [0.15, 0.2) is 0 Å². The van der Waals surface area contributed by atoms with E-state index >= 15 is 0 Å². The van der Waals surface area contributed by atoms with Crippen molar-refractivity contribution in [2.45, 2.75) is 50.6 Å². The van der Waals surface area contributed by atoms with Gasteiger partial charge in [-0.05, 0) is 37.5 Å². The molecule has 1 aliphatic carbocycles. The zero-order valence-corrected chi connectivity index (χ0v) is 13.5. The van der Waals surface area contributed by atoms with Crippen LogP contribution in [0.1, 0.15) is 50.6 Å². The van der Waals surface area contributed by atoms with Gasteiger partial charge in [-0.25, -0.2) is 0 Å². The van der Waals surface area contributed by atoms with E-state index in [2.05, 4.69) is 5.32 Å². The normalized spacial score (nSPS) is 18.2. The molecule has 0 bridgehead atoms. The van der Waals surface area contributed by atoms with Crippen LogP contribution in [-0.4, -0.2) is 18.6 Å². The average Bonchev–Trinajstić information content (AvgIpc) is 2.48. The monoisotopic (exact) mass is 312 g/mol. The van der Waals surface area contributed by atoms with E-state index in [1.807, 2.05) is 31.2 Å². The topological polar surface area (TPSA) is 64.3 Å². The van der Waals surface area contributed by atoms with Crippen molar-refractivity contribution in [1.82, 2.24) is 5.32 Å². The second kappa shape index (κ2) is 7.66. The van der Waals surface area contributed by atoms with Crippen LogP contribution in [0.3, 0.4) is 0 Å². The van der Waals surface area contributed by atoms with Gasteiger partial charge in [0.1, 0.15) is 5.75 Å². The summed E-state index contributed by atoms with van der Waals surface area (Å²) in [5.41, 5.74) is 6.62. The molecule has 5 heteroatoms. The van der Waals surface area contributed by atoms with E-state index in [0.29, 0.717) is 0 Å². The number of hydrogen-bond acceptors (Lipinski definition) is 3. The minimum absolute atomic E-state index is 0. The van der Waals surface area contributed by atoms with E-state index in [4.69, 9.17) is 10.5 Å². The highest BCUT2D eigenvalue weighted by atomic mass is 35.5. The number of benzene rings is 1. The number of halogens is 1. The fourth-order valence-corrected chi connectivity index (χ4v) is 2.73. The Balaban J connectivity index is 0.00000220. The van der Waals surface area contributed by atoms with Gasteiger partial charge in [-0.1, -0.05) is 31.4 Å². The van der Waals surface area contributed by atoms with Gasteiger partial charge >= 0.3 is 0 Å². The predicted octanol–water partition coefficient (Wildman–Crippen LogP) is 2.96. The van der Waals surface area contributed by atoms with Crippen molar-refractivity contribution in [3.05, 3.63) is 29.8 Å². The van der Waals surface area contributed by atoms with Gasteiger partial charge in [-0.15, -0.1) is 12.4 Å². The number of nitrogens with two attached hydrogens (primary N) is 1. The molecule has 0 radical (unpaired) electrons. The van der Waals surface area contributed by atoms with Crippen LogP contribution in [0.4, 0.5) is 0 Å². The number of ether oxygens (including phenoxy) is 1. The summed E-state index contributed by atoms with van der Waals surface area (Å²) in [6, 6.07) is 7.69. The minimum Gasteiger partial charge on any atom is -0.497 e. The molecule has 0 saturated heterocycles. The minimum atomic E-state index is -0.682. The summed E-state index contributed by atoms with van der Waals surface area (Å²) in [5, 5.41) is 3.04. The molecular formula is C16H25ClN2O2. The van der Waals surface area contributed by atoms with E-state index in [0.717, 1.165) is 37.0 Å². The summed E-state index contributed by atoms with van der Waals surface area (Å²) in [7, 11) is 1.64. The van der Waals surface area contributed by atoms with Crippen LogP contribution in [-0.2, 0) is 4.79 Å². The average molecular weight is 313 g/mol. The number of methoxy groups -OCH3 is 1. The maximum atomic E-state index is 12.4. The van der Waals surface area contributed by atoms with Gasteiger partial charge in [-0.3, -0.25) is 4.79 Å². The molecule has 0 aromatic heterocycles. The Morgan fingerprint density at radius 2 is 1.81 bits per heavy atom. The summed E-state index contributed by atoms with van der Waals surface area (Å²) in [5.74, 6) is 0.787. The Hall–Kier alpha value is -1.26. The first-order valence-electron chi connectivity index (χ1n) is 7.29. The molecule has 1 unspecified atom stereocenters. The molecule has 3 N–H and O–H groups in total. The number of carbonyl (C=O) groups is 1. The molecule has 1 atom stereocenters. The van der Waals surface area contributed by atoms with Crippen LogP contribution in [0.25, 0.3) is 0 Å². The Morgan fingerprint density at radius 1 is 1.24 bits per heavy atom. The van der Waals surface area contributed by atoms with Crippen LogP contribution in [0.5, 0.6) is 5.75 Å². The van der Waals surface area contributed by atoms with Crippen molar-refractivity contribution >= 4 is 18.3 Å². The number of hydrogen-bond donors (Lipinski definition) is 2. The Morgan fingerprint density at radius 3 is 2.33 bits per heavy atom. The van der Waals surface area contributed by atoms with Gasteiger partial charge in [-0.2, -0.15) is 0 Å². The molecule has 1 aromatic rings. The number of amides is 1. The SMILES string of the molecule is COc1ccc(C(C)NC(=O)C2(N)CCCCC2)cc1.Cl. The first kappa shape index (κ1) is 17.8.